The van der Waals surface area contributed by atoms with Crippen molar-refractivity contribution in [1.29, 1.82) is 0 Å². The maximum absolute atomic E-state index is 12.2. The molecular formula is C7H4ClF3IN. The molecule has 0 spiro atoms. The normalized spacial score (nSPS) is 11.8. The molecule has 0 unspecified atom stereocenters. The highest BCUT2D eigenvalue weighted by atomic mass is 127. The average Bonchev–Trinajstić information content (AvgIpc) is 2.01. The molecule has 13 heavy (non-hydrogen) atoms. The third-order valence-corrected chi connectivity index (χ3v) is 2.44. The lowest BCUT2D eigenvalue weighted by molar-refractivity contribution is -0.138. The highest BCUT2D eigenvalue weighted by molar-refractivity contribution is 14.1. The second-order valence-electron chi connectivity index (χ2n) is 2.27. The van der Waals surface area contributed by atoms with Gasteiger partial charge in [0.1, 0.15) is 3.70 Å². The van der Waals surface area contributed by atoms with Crippen molar-refractivity contribution in [2.45, 2.75) is 12.1 Å². The minimum atomic E-state index is -4.34. The van der Waals surface area contributed by atoms with Crippen LogP contribution in [0.1, 0.15) is 11.3 Å². The van der Waals surface area contributed by atoms with Crippen LogP contribution in [0.5, 0.6) is 0 Å². The molecule has 0 aliphatic rings. The van der Waals surface area contributed by atoms with Gasteiger partial charge < -0.3 is 0 Å². The number of rotatable bonds is 1. The van der Waals surface area contributed by atoms with Gasteiger partial charge in [-0.15, -0.1) is 11.6 Å². The zero-order valence-corrected chi connectivity index (χ0v) is 9.11. The van der Waals surface area contributed by atoms with E-state index in [0.29, 0.717) is 5.69 Å². The van der Waals surface area contributed by atoms with Gasteiger partial charge in [-0.2, -0.15) is 13.2 Å². The van der Waals surface area contributed by atoms with Crippen molar-refractivity contribution < 1.29 is 13.2 Å². The molecular weight excluding hydrogens is 317 g/mol. The van der Waals surface area contributed by atoms with Crippen LogP contribution in [0.15, 0.2) is 12.1 Å². The second-order valence-corrected chi connectivity index (χ2v) is 3.56. The Morgan fingerprint density at radius 1 is 1.38 bits per heavy atom. The van der Waals surface area contributed by atoms with Crippen LogP contribution in [-0.4, -0.2) is 4.98 Å². The molecule has 0 saturated heterocycles. The van der Waals surface area contributed by atoms with Gasteiger partial charge >= 0.3 is 6.18 Å². The molecule has 0 N–H and O–H groups in total. The van der Waals surface area contributed by atoms with Gasteiger partial charge in [-0.1, -0.05) is 0 Å². The summed E-state index contributed by atoms with van der Waals surface area (Å²) in [5.74, 6) is 0.119. The van der Waals surface area contributed by atoms with E-state index in [1.165, 1.54) is 6.07 Å². The van der Waals surface area contributed by atoms with E-state index in [4.69, 9.17) is 11.6 Å². The summed E-state index contributed by atoms with van der Waals surface area (Å²) in [6.07, 6.45) is -4.34. The van der Waals surface area contributed by atoms with Crippen molar-refractivity contribution >= 4 is 34.2 Å². The summed E-state index contributed by atoms with van der Waals surface area (Å²) in [6, 6.07) is 2.27. The first-order valence-electron chi connectivity index (χ1n) is 3.23. The van der Waals surface area contributed by atoms with E-state index >= 15 is 0 Å². The summed E-state index contributed by atoms with van der Waals surface area (Å²) >= 11 is 6.96. The molecule has 1 rings (SSSR count). The Hall–Kier alpha value is -0.0400. The Balaban J connectivity index is 3.13. The lowest BCUT2D eigenvalue weighted by Crippen LogP contribution is -2.09. The largest absolute Gasteiger partial charge is 0.418 e. The summed E-state index contributed by atoms with van der Waals surface area (Å²) in [7, 11) is 0. The lowest BCUT2D eigenvalue weighted by Gasteiger charge is -2.08. The van der Waals surface area contributed by atoms with Crippen molar-refractivity contribution in [3.05, 3.63) is 27.1 Å². The maximum atomic E-state index is 12.2. The number of aromatic nitrogens is 1. The van der Waals surface area contributed by atoms with Crippen LogP contribution in [0, 0.1) is 3.70 Å². The highest BCUT2D eigenvalue weighted by Crippen LogP contribution is 2.31. The SMILES string of the molecule is FC(F)(F)c1ccc(CCl)nc1I. The van der Waals surface area contributed by atoms with E-state index in [0.717, 1.165) is 6.07 Å². The van der Waals surface area contributed by atoms with E-state index in [1.807, 2.05) is 0 Å². The molecule has 0 amide bonds. The Morgan fingerprint density at radius 2 is 2.00 bits per heavy atom. The molecule has 0 fully saturated rings. The first-order valence-corrected chi connectivity index (χ1v) is 4.85. The Kier molecular flexibility index (Phi) is 3.39. The molecule has 1 nitrogen and oxygen atoms in total. The van der Waals surface area contributed by atoms with Crippen LogP contribution in [0.2, 0.25) is 0 Å². The summed E-state index contributed by atoms with van der Waals surface area (Å²) < 4.78 is 36.6. The van der Waals surface area contributed by atoms with Crippen LogP contribution in [-0.2, 0) is 12.1 Å². The maximum Gasteiger partial charge on any atom is 0.418 e. The van der Waals surface area contributed by atoms with Crippen LogP contribution in [0.3, 0.4) is 0 Å². The zero-order chi connectivity index (χ0) is 10.1. The minimum Gasteiger partial charge on any atom is -0.245 e. The van der Waals surface area contributed by atoms with Gasteiger partial charge in [0.05, 0.1) is 17.1 Å². The molecule has 72 valence electrons. The first-order chi connectivity index (χ1) is 5.95. The average molecular weight is 321 g/mol. The van der Waals surface area contributed by atoms with Gasteiger partial charge in [-0.25, -0.2) is 4.98 Å². The van der Waals surface area contributed by atoms with Crippen LogP contribution in [0.25, 0.3) is 0 Å². The first kappa shape index (κ1) is 11.0. The fourth-order valence-corrected chi connectivity index (χ4v) is 1.70. The van der Waals surface area contributed by atoms with Crippen molar-refractivity contribution in [2.24, 2.45) is 0 Å². The molecule has 0 aromatic carbocycles. The third kappa shape index (κ3) is 2.70. The number of alkyl halides is 4. The second kappa shape index (κ2) is 4.00. The minimum absolute atomic E-state index is 0.0664. The number of hydrogen-bond donors (Lipinski definition) is 0. The number of nitrogens with zero attached hydrogens (tertiary/aromatic N) is 1. The van der Waals surface area contributed by atoms with Gasteiger partial charge in [-0.05, 0) is 34.7 Å². The van der Waals surface area contributed by atoms with Crippen molar-refractivity contribution in [3.8, 4) is 0 Å². The predicted molar refractivity (Wildman–Crippen MR) is 51.5 cm³/mol. The van der Waals surface area contributed by atoms with Crippen molar-refractivity contribution in [1.82, 2.24) is 4.98 Å². The molecule has 1 heterocycles. The number of pyridine rings is 1. The number of hydrogen-bond acceptors (Lipinski definition) is 1. The summed E-state index contributed by atoms with van der Waals surface area (Å²) in [5, 5.41) is 0. The van der Waals surface area contributed by atoms with E-state index in [2.05, 4.69) is 4.98 Å². The van der Waals surface area contributed by atoms with E-state index in [1.54, 1.807) is 22.6 Å². The monoisotopic (exact) mass is 321 g/mol. The Labute approximate surface area is 91.4 Å². The smallest absolute Gasteiger partial charge is 0.245 e. The lowest BCUT2D eigenvalue weighted by atomic mass is 10.2. The predicted octanol–water partition coefficient (Wildman–Crippen LogP) is 3.44. The topological polar surface area (TPSA) is 12.9 Å². The molecule has 1 aromatic rings. The van der Waals surface area contributed by atoms with E-state index in [-0.39, 0.29) is 9.58 Å². The molecule has 0 saturated carbocycles. The molecule has 0 radical (unpaired) electrons. The number of halogens is 5. The standard InChI is InChI=1S/C7H4ClF3IN/c8-3-4-1-2-5(6(12)13-4)7(9,10)11/h1-2H,3H2. The van der Waals surface area contributed by atoms with Gasteiger partial charge in [0.15, 0.2) is 0 Å². The van der Waals surface area contributed by atoms with Gasteiger partial charge in [0.2, 0.25) is 0 Å². The molecule has 6 heteroatoms. The molecule has 1 aromatic heterocycles. The summed E-state index contributed by atoms with van der Waals surface area (Å²) in [6.45, 7) is 0. The van der Waals surface area contributed by atoms with Crippen molar-refractivity contribution in [3.63, 3.8) is 0 Å². The molecule has 0 aliphatic carbocycles. The highest BCUT2D eigenvalue weighted by Gasteiger charge is 2.33. The molecule has 0 bridgehead atoms. The van der Waals surface area contributed by atoms with Gasteiger partial charge in [0, 0.05) is 0 Å². The Morgan fingerprint density at radius 3 is 2.38 bits per heavy atom. The van der Waals surface area contributed by atoms with Gasteiger partial charge in [0.25, 0.3) is 0 Å². The summed E-state index contributed by atoms with van der Waals surface area (Å²) in [4.78, 5) is 3.69. The molecule has 0 atom stereocenters. The zero-order valence-electron chi connectivity index (χ0n) is 6.20. The Bertz CT molecular complexity index is 313. The quantitative estimate of drug-likeness (QED) is 0.439. The fourth-order valence-electron chi connectivity index (χ4n) is 0.758. The molecule has 0 aliphatic heterocycles. The van der Waals surface area contributed by atoms with Crippen LogP contribution >= 0.6 is 34.2 Å². The van der Waals surface area contributed by atoms with E-state index < -0.39 is 11.7 Å². The van der Waals surface area contributed by atoms with Crippen molar-refractivity contribution in [2.75, 3.05) is 0 Å². The summed E-state index contributed by atoms with van der Waals surface area (Å²) in [5.41, 5.74) is -0.277. The van der Waals surface area contributed by atoms with Crippen LogP contribution in [0.4, 0.5) is 13.2 Å². The van der Waals surface area contributed by atoms with Crippen LogP contribution < -0.4 is 0 Å². The van der Waals surface area contributed by atoms with Gasteiger partial charge in [-0.3, -0.25) is 0 Å². The van der Waals surface area contributed by atoms with E-state index in [9.17, 15) is 13.2 Å². The fraction of sp³-hybridized carbons (Fsp3) is 0.286. The third-order valence-electron chi connectivity index (χ3n) is 1.35.